The minimum Gasteiger partial charge on any atom is -0.295 e. The van der Waals surface area contributed by atoms with Crippen LogP contribution in [0, 0.1) is 0 Å². The van der Waals surface area contributed by atoms with Crippen molar-refractivity contribution < 1.29 is 4.79 Å². The molecule has 22 heavy (non-hydrogen) atoms. The lowest BCUT2D eigenvalue weighted by Crippen LogP contribution is -2.14. The van der Waals surface area contributed by atoms with Gasteiger partial charge in [-0.2, -0.15) is 0 Å². The van der Waals surface area contributed by atoms with Crippen LogP contribution in [-0.2, 0) is 11.2 Å². The first-order chi connectivity index (χ1) is 10.7. The van der Waals surface area contributed by atoms with E-state index >= 15 is 0 Å². The highest BCUT2D eigenvalue weighted by atomic mass is 79.9. The van der Waals surface area contributed by atoms with Crippen molar-refractivity contribution in [3.8, 4) is 0 Å². The van der Waals surface area contributed by atoms with Crippen LogP contribution >= 0.6 is 15.9 Å². The number of allylic oxidation sites excluding steroid dienone is 2. The van der Waals surface area contributed by atoms with Crippen molar-refractivity contribution in [2.24, 2.45) is 0 Å². The zero-order valence-electron chi connectivity index (χ0n) is 12.7. The summed E-state index contributed by atoms with van der Waals surface area (Å²) in [6.07, 6.45) is 4.37. The van der Waals surface area contributed by atoms with Crippen LogP contribution in [0.1, 0.15) is 42.4 Å². The van der Waals surface area contributed by atoms with Crippen molar-refractivity contribution >= 4 is 27.3 Å². The average molecular weight is 355 g/mol. The van der Waals surface area contributed by atoms with E-state index in [1.807, 2.05) is 24.3 Å². The standard InChI is InChI=1S/C20H19BrO/c1-2-14-7-3-4-8-18(14)15-11-16(13-17(22)12-15)19-9-5-6-10-20(19)21/h3-10,13,15H,2,11-12H2,1H3. The number of ketones is 1. The van der Waals surface area contributed by atoms with E-state index in [9.17, 15) is 4.79 Å². The lowest BCUT2D eigenvalue weighted by atomic mass is 9.79. The number of rotatable bonds is 3. The number of carbonyl (C=O) groups excluding carboxylic acids is 1. The fourth-order valence-corrected chi connectivity index (χ4v) is 3.82. The fourth-order valence-electron chi connectivity index (χ4n) is 3.28. The smallest absolute Gasteiger partial charge is 0.156 e. The van der Waals surface area contributed by atoms with Gasteiger partial charge in [-0.25, -0.2) is 0 Å². The Kier molecular flexibility index (Phi) is 4.58. The third-order valence-corrected chi connectivity index (χ3v) is 5.04. The third-order valence-electron chi connectivity index (χ3n) is 4.34. The molecule has 1 nitrogen and oxygen atoms in total. The lowest BCUT2D eigenvalue weighted by molar-refractivity contribution is -0.115. The van der Waals surface area contributed by atoms with Crippen molar-refractivity contribution in [1.29, 1.82) is 0 Å². The lowest BCUT2D eigenvalue weighted by Gasteiger charge is -2.25. The highest BCUT2D eigenvalue weighted by Gasteiger charge is 2.24. The summed E-state index contributed by atoms with van der Waals surface area (Å²) in [6.45, 7) is 2.17. The zero-order valence-corrected chi connectivity index (χ0v) is 14.3. The Morgan fingerprint density at radius 1 is 1.05 bits per heavy atom. The molecular formula is C20H19BrO. The van der Waals surface area contributed by atoms with Gasteiger partial charge in [-0.05, 0) is 53.2 Å². The Morgan fingerprint density at radius 2 is 1.77 bits per heavy atom. The van der Waals surface area contributed by atoms with Crippen molar-refractivity contribution in [2.45, 2.75) is 32.1 Å². The highest BCUT2D eigenvalue weighted by Crippen LogP contribution is 2.39. The van der Waals surface area contributed by atoms with Gasteiger partial charge in [0, 0.05) is 10.9 Å². The molecule has 2 aromatic rings. The summed E-state index contributed by atoms with van der Waals surface area (Å²) in [4.78, 5) is 12.2. The SMILES string of the molecule is CCc1ccccc1C1CC(=O)C=C(c2ccccc2Br)C1. The van der Waals surface area contributed by atoms with Crippen molar-refractivity contribution in [1.82, 2.24) is 0 Å². The second kappa shape index (κ2) is 6.62. The summed E-state index contributed by atoms with van der Waals surface area (Å²) in [5.41, 5.74) is 4.96. The molecule has 0 N–H and O–H groups in total. The van der Waals surface area contributed by atoms with Gasteiger partial charge in [0.2, 0.25) is 0 Å². The molecular weight excluding hydrogens is 336 g/mol. The molecule has 0 spiro atoms. The molecule has 0 bridgehead atoms. The van der Waals surface area contributed by atoms with E-state index in [2.05, 4.69) is 53.2 Å². The van der Waals surface area contributed by atoms with Crippen molar-refractivity contribution in [3.05, 3.63) is 75.8 Å². The van der Waals surface area contributed by atoms with Crippen LogP contribution in [0.3, 0.4) is 0 Å². The van der Waals surface area contributed by atoms with E-state index < -0.39 is 0 Å². The van der Waals surface area contributed by atoms with E-state index in [1.54, 1.807) is 0 Å². The van der Waals surface area contributed by atoms with Gasteiger partial charge in [0.05, 0.1) is 0 Å². The maximum absolute atomic E-state index is 12.2. The number of halogens is 1. The first-order valence-electron chi connectivity index (χ1n) is 7.75. The number of carbonyl (C=O) groups is 1. The predicted octanol–water partition coefficient (Wildman–Crippen LogP) is 5.54. The van der Waals surface area contributed by atoms with E-state index in [0.717, 1.165) is 28.5 Å². The van der Waals surface area contributed by atoms with Gasteiger partial charge in [-0.1, -0.05) is 65.3 Å². The minimum absolute atomic E-state index is 0.230. The maximum Gasteiger partial charge on any atom is 0.156 e. The Bertz CT molecular complexity index is 730. The molecule has 0 aliphatic heterocycles. The molecule has 1 aliphatic carbocycles. The largest absolute Gasteiger partial charge is 0.295 e. The Morgan fingerprint density at radius 3 is 2.55 bits per heavy atom. The van der Waals surface area contributed by atoms with Gasteiger partial charge in [0.1, 0.15) is 0 Å². The second-order valence-corrected chi connectivity index (χ2v) is 6.63. The summed E-state index contributed by atoms with van der Waals surface area (Å²) in [6, 6.07) is 16.7. The first-order valence-corrected chi connectivity index (χ1v) is 8.54. The normalized spacial score (nSPS) is 18.2. The molecule has 0 saturated heterocycles. The molecule has 1 atom stereocenters. The van der Waals surface area contributed by atoms with Crippen LogP contribution in [-0.4, -0.2) is 5.78 Å². The summed E-state index contributed by atoms with van der Waals surface area (Å²) >= 11 is 3.60. The summed E-state index contributed by atoms with van der Waals surface area (Å²) < 4.78 is 1.05. The summed E-state index contributed by atoms with van der Waals surface area (Å²) in [5.74, 6) is 0.517. The predicted molar refractivity (Wildman–Crippen MR) is 94.9 cm³/mol. The van der Waals surface area contributed by atoms with Crippen molar-refractivity contribution in [3.63, 3.8) is 0 Å². The monoisotopic (exact) mass is 354 g/mol. The molecule has 0 amide bonds. The topological polar surface area (TPSA) is 17.1 Å². The Labute approximate surface area is 140 Å². The van der Waals surface area contributed by atoms with E-state index in [1.165, 1.54) is 11.1 Å². The van der Waals surface area contributed by atoms with Gasteiger partial charge >= 0.3 is 0 Å². The molecule has 0 aromatic heterocycles. The van der Waals surface area contributed by atoms with E-state index in [0.29, 0.717) is 6.42 Å². The van der Waals surface area contributed by atoms with Crippen LogP contribution in [0.25, 0.3) is 5.57 Å². The molecule has 2 aromatic carbocycles. The number of aryl methyl sites for hydroxylation is 1. The zero-order chi connectivity index (χ0) is 15.5. The van der Waals surface area contributed by atoms with Crippen LogP contribution in [0.5, 0.6) is 0 Å². The van der Waals surface area contributed by atoms with Gasteiger partial charge in [-0.15, -0.1) is 0 Å². The summed E-state index contributed by atoms with van der Waals surface area (Å²) in [5, 5.41) is 0. The molecule has 2 heteroatoms. The Balaban J connectivity index is 1.97. The molecule has 0 heterocycles. The van der Waals surface area contributed by atoms with Crippen molar-refractivity contribution in [2.75, 3.05) is 0 Å². The van der Waals surface area contributed by atoms with E-state index in [4.69, 9.17) is 0 Å². The molecule has 3 rings (SSSR count). The van der Waals surface area contributed by atoms with Gasteiger partial charge < -0.3 is 0 Å². The molecule has 0 saturated carbocycles. The molecule has 0 fully saturated rings. The molecule has 0 radical (unpaired) electrons. The number of hydrogen-bond donors (Lipinski definition) is 0. The first kappa shape index (κ1) is 15.2. The highest BCUT2D eigenvalue weighted by molar-refractivity contribution is 9.10. The summed E-state index contributed by atoms with van der Waals surface area (Å²) in [7, 11) is 0. The Hall–Kier alpha value is -1.67. The maximum atomic E-state index is 12.2. The number of hydrogen-bond acceptors (Lipinski definition) is 1. The van der Waals surface area contributed by atoms with Crippen LogP contribution in [0.4, 0.5) is 0 Å². The second-order valence-electron chi connectivity index (χ2n) is 5.77. The minimum atomic E-state index is 0.230. The van der Waals surface area contributed by atoms with Gasteiger partial charge in [0.15, 0.2) is 5.78 Å². The molecule has 1 aliphatic rings. The molecule has 1 unspecified atom stereocenters. The van der Waals surface area contributed by atoms with Crippen LogP contribution in [0.15, 0.2) is 59.1 Å². The molecule has 112 valence electrons. The fraction of sp³-hybridized carbons (Fsp3) is 0.250. The third kappa shape index (κ3) is 3.07. The van der Waals surface area contributed by atoms with Crippen LogP contribution in [0.2, 0.25) is 0 Å². The van der Waals surface area contributed by atoms with Crippen LogP contribution < -0.4 is 0 Å². The van der Waals surface area contributed by atoms with Gasteiger partial charge in [-0.3, -0.25) is 4.79 Å². The van der Waals surface area contributed by atoms with Gasteiger partial charge in [0.25, 0.3) is 0 Å². The quantitative estimate of drug-likeness (QED) is 0.706. The van der Waals surface area contributed by atoms with E-state index in [-0.39, 0.29) is 11.7 Å². The average Bonchev–Trinajstić information content (AvgIpc) is 2.54. The number of benzene rings is 2.